The lowest BCUT2D eigenvalue weighted by Gasteiger charge is -1.98. The van der Waals surface area contributed by atoms with Crippen LogP contribution in [0.5, 0.6) is 0 Å². The van der Waals surface area contributed by atoms with Gasteiger partial charge in [0.05, 0.1) is 21.6 Å². The Morgan fingerprint density at radius 1 is 1.00 bits per heavy atom. The molecule has 0 saturated carbocycles. The van der Waals surface area contributed by atoms with Gasteiger partial charge in [0.2, 0.25) is 0 Å². The minimum Gasteiger partial charge on any atom is -0.258 e. The molecule has 7 heteroatoms. The smallest absolute Gasteiger partial charge is 0.258 e. The number of nitrogens with zero attached hydrogens (tertiary/aromatic N) is 2. The van der Waals surface area contributed by atoms with Crippen molar-refractivity contribution in [2.45, 2.75) is 4.90 Å². The number of sulfonamides is 1. The third kappa shape index (κ3) is 3.07. The molecule has 0 aromatic heterocycles. The zero-order chi connectivity index (χ0) is 14.6. The molecular weight excluding hydrogens is 280 g/mol. The molecule has 0 aliphatic carbocycles. The van der Waals surface area contributed by atoms with E-state index in [-0.39, 0.29) is 16.1 Å². The maximum Gasteiger partial charge on any atom is 0.282 e. The Morgan fingerprint density at radius 2 is 1.60 bits per heavy atom. The minimum absolute atomic E-state index is 0.0369. The summed E-state index contributed by atoms with van der Waals surface area (Å²) in [6.07, 6.45) is 0.987. The van der Waals surface area contributed by atoms with Gasteiger partial charge in [-0.15, -0.1) is 0 Å². The van der Waals surface area contributed by atoms with Gasteiger partial charge >= 0.3 is 0 Å². The molecule has 0 spiro atoms. The van der Waals surface area contributed by atoms with Gasteiger partial charge in [0.25, 0.3) is 15.7 Å². The number of hydrogen-bond acceptors (Lipinski definition) is 4. The van der Waals surface area contributed by atoms with E-state index < -0.39 is 14.9 Å². The van der Waals surface area contributed by atoms with Crippen molar-refractivity contribution in [3.8, 4) is 0 Å². The van der Waals surface area contributed by atoms with Crippen LogP contribution in [0.2, 0.25) is 0 Å². The number of nitro benzene ring substituents is 1. The Hall–Kier alpha value is -2.54. The molecule has 0 N–H and O–H groups in total. The van der Waals surface area contributed by atoms with Crippen molar-refractivity contribution in [2.75, 3.05) is 0 Å². The average Bonchev–Trinajstić information content (AvgIpc) is 2.46. The van der Waals surface area contributed by atoms with Gasteiger partial charge in [0.1, 0.15) is 0 Å². The van der Waals surface area contributed by atoms with Crippen LogP contribution < -0.4 is 0 Å². The summed E-state index contributed by atoms with van der Waals surface area (Å²) in [6, 6.07) is 13.5. The van der Waals surface area contributed by atoms with Crippen molar-refractivity contribution in [3.63, 3.8) is 0 Å². The first-order valence-corrected chi connectivity index (χ1v) is 7.03. The van der Waals surface area contributed by atoms with Crippen LogP contribution in [-0.4, -0.2) is 19.6 Å². The van der Waals surface area contributed by atoms with Crippen molar-refractivity contribution in [1.82, 2.24) is 0 Å². The number of nitro groups is 1. The summed E-state index contributed by atoms with van der Waals surface area (Å²) in [4.78, 5) is 10.3. The van der Waals surface area contributed by atoms with E-state index in [9.17, 15) is 18.5 Å². The summed E-state index contributed by atoms with van der Waals surface area (Å²) in [6.45, 7) is 0. The highest BCUT2D eigenvalue weighted by Gasteiger charge is 2.14. The van der Waals surface area contributed by atoms with Crippen molar-refractivity contribution >= 4 is 21.9 Å². The largest absolute Gasteiger partial charge is 0.282 e. The SMILES string of the molecule is O=[N+]([O-])c1ccccc1/C=N\S(=O)(=O)c1ccccc1. The zero-order valence-corrected chi connectivity index (χ0v) is 11.0. The Balaban J connectivity index is 2.38. The highest BCUT2D eigenvalue weighted by Crippen LogP contribution is 2.17. The summed E-state index contributed by atoms with van der Waals surface area (Å²) in [7, 11) is -3.85. The molecular formula is C13H10N2O4S. The van der Waals surface area contributed by atoms with Gasteiger partial charge in [-0.1, -0.05) is 30.3 Å². The standard InChI is InChI=1S/C13H10N2O4S/c16-15(17)13-9-5-4-6-11(13)10-14-20(18,19)12-7-2-1-3-8-12/h1-10H/b14-10-. The Kier molecular flexibility index (Phi) is 3.90. The van der Waals surface area contributed by atoms with Crippen LogP contribution >= 0.6 is 0 Å². The molecule has 0 bridgehead atoms. The number of rotatable bonds is 4. The fraction of sp³-hybridized carbons (Fsp3) is 0. The second-order valence-corrected chi connectivity index (χ2v) is 5.47. The highest BCUT2D eigenvalue weighted by molar-refractivity contribution is 7.90. The fourth-order valence-corrected chi connectivity index (χ4v) is 2.42. The monoisotopic (exact) mass is 290 g/mol. The van der Waals surface area contributed by atoms with Crippen LogP contribution in [0.25, 0.3) is 0 Å². The molecule has 0 atom stereocenters. The number of benzene rings is 2. The lowest BCUT2D eigenvalue weighted by Crippen LogP contribution is -1.99. The van der Waals surface area contributed by atoms with Gasteiger partial charge < -0.3 is 0 Å². The van der Waals surface area contributed by atoms with E-state index in [2.05, 4.69) is 4.40 Å². The normalized spacial score (nSPS) is 11.6. The minimum atomic E-state index is -3.85. The molecule has 2 rings (SSSR count). The van der Waals surface area contributed by atoms with Crippen LogP contribution in [0.15, 0.2) is 63.9 Å². The van der Waals surface area contributed by atoms with Crippen molar-refractivity contribution in [3.05, 3.63) is 70.3 Å². The lowest BCUT2D eigenvalue weighted by atomic mass is 10.2. The molecule has 0 amide bonds. The summed E-state index contributed by atoms with van der Waals surface area (Å²) >= 11 is 0. The van der Waals surface area contributed by atoms with Crippen molar-refractivity contribution in [2.24, 2.45) is 4.40 Å². The Labute approximate surface area is 115 Å². The maximum atomic E-state index is 11.9. The van der Waals surface area contributed by atoms with Crippen molar-refractivity contribution in [1.29, 1.82) is 0 Å². The van der Waals surface area contributed by atoms with E-state index in [4.69, 9.17) is 0 Å². The lowest BCUT2D eigenvalue weighted by molar-refractivity contribution is -0.385. The fourth-order valence-electron chi connectivity index (χ4n) is 1.54. The molecule has 0 fully saturated rings. The third-order valence-electron chi connectivity index (χ3n) is 2.51. The average molecular weight is 290 g/mol. The zero-order valence-electron chi connectivity index (χ0n) is 10.2. The summed E-state index contributed by atoms with van der Waals surface area (Å²) in [5.74, 6) is 0. The molecule has 0 radical (unpaired) electrons. The molecule has 0 aliphatic rings. The van der Waals surface area contributed by atoms with E-state index in [0.29, 0.717) is 0 Å². The summed E-state index contributed by atoms with van der Waals surface area (Å²) in [5, 5.41) is 10.8. The Bertz CT molecular complexity index is 755. The van der Waals surface area contributed by atoms with E-state index in [0.717, 1.165) is 6.21 Å². The first kappa shape index (κ1) is 13.9. The number of para-hydroxylation sites is 1. The molecule has 0 aliphatic heterocycles. The van der Waals surface area contributed by atoms with E-state index in [1.807, 2.05) is 0 Å². The second kappa shape index (κ2) is 5.62. The van der Waals surface area contributed by atoms with Gasteiger partial charge in [-0.25, -0.2) is 0 Å². The molecule has 2 aromatic carbocycles. The summed E-state index contributed by atoms with van der Waals surface area (Å²) < 4.78 is 27.3. The van der Waals surface area contributed by atoms with Crippen LogP contribution in [0.1, 0.15) is 5.56 Å². The van der Waals surface area contributed by atoms with Gasteiger partial charge in [-0.05, 0) is 18.2 Å². The van der Waals surface area contributed by atoms with Gasteiger partial charge in [-0.3, -0.25) is 10.1 Å². The van der Waals surface area contributed by atoms with Crippen molar-refractivity contribution < 1.29 is 13.3 Å². The number of hydrogen-bond donors (Lipinski definition) is 0. The predicted molar refractivity (Wildman–Crippen MR) is 74.3 cm³/mol. The molecule has 2 aromatic rings. The molecule has 0 heterocycles. The third-order valence-corrected chi connectivity index (χ3v) is 3.76. The van der Waals surface area contributed by atoms with Crippen LogP contribution in [0, 0.1) is 10.1 Å². The second-order valence-electron chi connectivity index (χ2n) is 3.84. The highest BCUT2D eigenvalue weighted by atomic mass is 32.2. The molecule has 0 saturated heterocycles. The quantitative estimate of drug-likeness (QED) is 0.491. The van der Waals surface area contributed by atoms with E-state index >= 15 is 0 Å². The molecule has 6 nitrogen and oxygen atoms in total. The predicted octanol–water partition coefficient (Wildman–Crippen LogP) is 2.40. The van der Waals surface area contributed by atoms with E-state index in [1.165, 1.54) is 30.3 Å². The Morgan fingerprint density at radius 3 is 2.25 bits per heavy atom. The van der Waals surface area contributed by atoms with Crippen LogP contribution in [0.4, 0.5) is 5.69 Å². The van der Waals surface area contributed by atoms with Gasteiger partial charge in [0.15, 0.2) is 0 Å². The first-order chi connectivity index (χ1) is 9.50. The molecule has 102 valence electrons. The topological polar surface area (TPSA) is 89.6 Å². The van der Waals surface area contributed by atoms with E-state index in [1.54, 1.807) is 24.3 Å². The van der Waals surface area contributed by atoms with Crippen LogP contribution in [0.3, 0.4) is 0 Å². The van der Waals surface area contributed by atoms with Gasteiger partial charge in [0, 0.05) is 6.07 Å². The van der Waals surface area contributed by atoms with Gasteiger partial charge in [-0.2, -0.15) is 12.8 Å². The molecule has 20 heavy (non-hydrogen) atoms. The first-order valence-electron chi connectivity index (χ1n) is 5.59. The summed E-state index contributed by atoms with van der Waals surface area (Å²) in [5.41, 5.74) is -0.0588. The van der Waals surface area contributed by atoms with Crippen LogP contribution in [-0.2, 0) is 10.0 Å². The molecule has 0 unspecified atom stereocenters. The maximum absolute atomic E-state index is 11.9.